The molecule has 0 atom stereocenters. The lowest BCUT2D eigenvalue weighted by molar-refractivity contribution is 0.743. The van der Waals surface area contributed by atoms with Crippen LogP contribution >= 0.6 is 36.4 Å². The Bertz CT molecular complexity index is 1040. The molecule has 0 spiro atoms. The zero-order valence-corrected chi connectivity index (χ0v) is 17.0. The molecule has 0 aliphatic heterocycles. The van der Waals surface area contributed by atoms with Gasteiger partial charge in [-0.2, -0.15) is 0 Å². The number of hydrogen-bond donors (Lipinski definition) is 2. The molecule has 142 valence electrons. The smallest absolute Gasteiger partial charge is 0.0809 e. The topological polar surface area (TPSA) is 49.8 Å². The molecule has 2 N–H and O–H groups in total. The molecule has 4 aromatic rings. The number of hydrogen-bond acceptors (Lipinski definition) is 4. The summed E-state index contributed by atoms with van der Waals surface area (Å²) in [6.07, 6.45) is 3.71. The van der Waals surface area contributed by atoms with E-state index in [0.29, 0.717) is 5.88 Å². The van der Waals surface area contributed by atoms with Crippen LogP contribution in [-0.2, 0) is 0 Å². The third kappa shape index (κ3) is 4.36. The average Bonchev–Trinajstić information content (AvgIpc) is 2.67. The number of alkyl halides is 1. The zero-order chi connectivity index (χ0) is 17.1. The quantitative estimate of drug-likeness (QED) is 0.198. The van der Waals surface area contributed by atoms with Crippen molar-refractivity contribution in [2.45, 2.75) is 0 Å². The Hall–Kier alpha value is -1.85. The number of pyridine rings is 2. The van der Waals surface area contributed by atoms with Crippen LogP contribution in [0.5, 0.6) is 0 Å². The molecule has 2 aromatic heterocycles. The van der Waals surface area contributed by atoms with Gasteiger partial charge in [-0.05, 0) is 12.1 Å². The standard InChI is InChI=1S/C20H19ClN4.2ClH/c21-8-10-22-11-12-24-19-16-3-1-2-4-18(16)25-20-15-7-9-23-13-14(15)5-6-17(19)20;;/h1-7,9,13,22H,8,10-12H2,(H,24,25);2*1H. The highest BCUT2D eigenvalue weighted by Gasteiger charge is 2.11. The van der Waals surface area contributed by atoms with Crippen molar-refractivity contribution in [1.82, 2.24) is 15.3 Å². The molecule has 4 nitrogen and oxygen atoms in total. The van der Waals surface area contributed by atoms with Crippen LogP contribution in [0.25, 0.3) is 32.6 Å². The van der Waals surface area contributed by atoms with E-state index in [1.165, 1.54) is 0 Å². The van der Waals surface area contributed by atoms with Gasteiger partial charge in [-0.15, -0.1) is 36.4 Å². The van der Waals surface area contributed by atoms with Crippen molar-refractivity contribution >= 4 is 74.7 Å². The number of rotatable bonds is 6. The normalized spacial score (nSPS) is 10.6. The fourth-order valence-electron chi connectivity index (χ4n) is 3.18. The molecule has 0 amide bonds. The van der Waals surface area contributed by atoms with Crippen molar-refractivity contribution in [1.29, 1.82) is 0 Å². The molecular weight excluding hydrogens is 403 g/mol. The molecule has 4 rings (SSSR count). The lowest BCUT2D eigenvalue weighted by Crippen LogP contribution is -2.24. The lowest BCUT2D eigenvalue weighted by atomic mass is 10.0. The lowest BCUT2D eigenvalue weighted by Gasteiger charge is -2.14. The summed E-state index contributed by atoms with van der Waals surface area (Å²) in [5.41, 5.74) is 3.14. The predicted molar refractivity (Wildman–Crippen MR) is 121 cm³/mol. The Morgan fingerprint density at radius 2 is 1.70 bits per heavy atom. The summed E-state index contributed by atoms with van der Waals surface area (Å²) in [7, 11) is 0. The number of aromatic nitrogens is 2. The second-order valence-corrected chi connectivity index (χ2v) is 6.31. The van der Waals surface area contributed by atoms with Crippen molar-refractivity contribution < 1.29 is 0 Å². The van der Waals surface area contributed by atoms with E-state index in [4.69, 9.17) is 16.6 Å². The van der Waals surface area contributed by atoms with Crippen molar-refractivity contribution in [3.8, 4) is 0 Å². The van der Waals surface area contributed by atoms with Crippen LogP contribution in [0.3, 0.4) is 0 Å². The first-order valence-corrected chi connectivity index (χ1v) is 8.97. The maximum atomic E-state index is 5.71. The van der Waals surface area contributed by atoms with E-state index in [9.17, 15) is 0 Å². The Labute approximate surface area is 175 Å². The Balaban J connectivity index is 0.00000131. The summed E-state index contributed by atoms with van der Waals surface area (Å²) in [6, 6.07) is 14.5. The molecule has 0 radical (unpaired) electrons. The molecule has 0 bridgehead atoms. The van der Waals surface area contributed by atoms with Crippen LogP contribution < -0.4 is 10.6 Å². The molecule has 0 aliphatic rings. The van der Waals surface area contributed by atoms with Gasteiger partial charge in [0.2, 0.25) is 0 Å². The molecule has 0 fully saturated rings. The highest BCUT2D eigenvalue weighted by atomic mass is 35.5. The number of anilines is 1. The third-order valence-electron chi connectivity index (χ3n) is 4.34. The molecule has 7 heteroatoms. The Kier molecular flexibility index (Phi) is 7.87. The number of fused-ring (bicyclic) bond motifs is 4. The van der Waals surface area contributed by atoms with E-state index in [-0.39, 0.29) is 24.8 Å². The highest BCUT2D eigenvalue weighted by molar-refractivity contribution is 6.18. The number of nitrogens with zero attached hydrogens (tertiary/aromatic N) is 2. The predicted octanol–water partition coefficient (Wildman–Crippen LogP) is 5.02. The van der Waals surface area contributed by atoms with Gasteiger partial charge in [0.15, 0.2) is 0 Å². The van der Waals surface area contributed by atoms with Crippen LogP contribution in [-0.4, -0.2) is 35.5 Å². The van der Waals surface area contributed by atoms with Gasteiger partial charge in [-0.25, -0.2) is 4.98 Å². The molecule has 0 saturated heterocycles. The van der Waals surface area contributed by atoms with Crippen molar-refractivity contribution in [3.63, 3.8) is 0 Å². The fourth-order valence-corrected chi connectivity index (χ4v) is 3.31. The van der Waals surface area contributed by atoms with Gasteiger partial charge < -0.3 is 10.6 Å². The summed E-state index contributed by atoms with van der Waals surface area (Å²) in [5, 5.41) is 11.4. The van der Waals surface area contributed by atoms with Gasteiger partial charge in [-0.1, -0.05) is 30.3 Å². The zero-order valence-electron chi connectivity index (χ0n) is 14.6. The minimum Gasteiger partial charge on any atom is -0.383 e. The van der Waals surface area contributed by atoms with Crippen LogP contribution in [0.2, 0.25) is 0 Å². The van der Waals surface area contributed by atoms with Crippen LogP contribution in [0.4, 0.5) is 5.69 Å². The monoisotopic (exact) mass is 422 g/mol. The maximum Gasteiger partial charge on any atom is 0.0809 e. The van der Waals surface area contributed by atoms with E-state index in [1.54, 1.807) is 0 Å². The summed E-state index contributed by atoms with van der Waals surface area (Å²) in [6.45, 7) is 2.51. The Morgan fingerprint density at radius 1 is 0.852 bits per heavy atom. The van der Waals surface area contributed by atoms with Gasteiger partial charge in [0, 0.05) is 59.5 Å². The molecular formula is C20H21Cl3N4. The first-order chi connectivity index (χ1) is 12.4. The van der Waals surface area contributed by atoms with Crippen molar-refractivity contribution in [2.75, 3.05) is 30.8 Å². The minimum absolute atomic E-state index is 0. The van der Waals surface area contributed by atoms with Crippen molar-refractivity contribution in [3.05, 3.63) is 54.9 Å². The highest BCUT2D eigenvalue weighted by Crippen LogP contribution is 2.34. The van der Waals surface area contributed by atoms with Crippen LogP contribution in [0, 0.1) is 0 Å². The van der Waals surface area contributed by atoms with Crippen LogP contribution in [0.15, 0.2) is 54.9 Å². The SMILES string of the molecule is Cl.Cl.ClCCNCCNc1c2ccccc2nc2c1ccc1cnccc12. The number of para-hydroxylation sites is 1. The van der Waals surface area contributed by atoms with E-state index in [2.05, 4.69) is 45.9 Å². The number of halogens is 3. The second-order valence-electron chi connectivity index (χ2n) is 5.93. The molecule has 27 heavy (non-hydrogen) atoms. The van der Waals surface area contributed by atoms with Gasteiger partial charge in [-0.3, -0.25) is 4.98 Å². The fraction of sp³-hybridized carbons (Fsp3) is 0.200. The van der Waals surface area contributed by atoms with Crippen molar-refractivity contribution in [2.24, 2.45) is 0 Å². The minimum atomic E-state index is 0. The molecule has 0 unspecified atom stereocenters. The number of benzene rings is 2. The average molecular weight is 424 g/mol. The summed E-state index contributed by atoms with van der Waals surface area (Å²) in [4.78, 5) is 9.14. The summed E-state index contributed by atoms with van der Waals surface area (Å²) in [5.74, 6) is 0.626. The van der Waals surface area contributed by atoms with Gasteiger partial charge in [0.25, 0.3) is 0 Å². The first-order valence-electron chi connectivity index (χ1n) is 8.44. The molecule has 2 aromatic carbocycles. The number of nitrogens with one attached hydrogen (secondary N) is 2. The summed E-state index contributed by atoms with van der Waals surface area (Å²) >= 11 is 5.71. The first kappa shape index (κ1) is 21.5. The van der Waals surface area contributed by atoms with E-state index < -0.39 is 0 Å². The van der Waals surface area contributed by atoms with E-state index in [1.807, 2.05) is 24.5 Å². The van der Waals surface area contributed by atoms with Gasteiger partial charge in [0.1, 0.15) is 0 Å². The molecule has 0 aliphatic carbocycles. The molecule has 2 heterocycles. The van der Waals surface area contributed by atoms with Crippen LogP contribution in [0.1, 0.15) is 0 Å². The second kappa shape index (κ2) is 9.90. The third-order valence-corrected chi connectivity index (χ3v) is 4.53. The van der Waals surface area contributed by atoms with E-state index >= 15 is 0 Å². The van der Waals surface area contributed by atoms with E-state index in [0.717, 1.165) is 57.9 Å². The Morgan fingerprint density at radius 3 is 2.56 bits per heavy atom. The van der Waals surface area contributed by atoms with Gasteiger partial charge in [0.05, 0.1) is 16.7 Å². The maximum absolute atomic E-state index is 5.71. The largest absolute Gasteiger partial charge is 0.383 e. The molecule has 0 saturated carbocycles. The summed E-state index contributed by atoms with van der Waals surface area (Å²) < 4.78 is 0. The van der Waals surface area contributed by atoms with Gasteiger partial charge >= 0.3 is 0 Å².